The number of esters is 1. The lowest BCUT2D eigenvalue weighted by atomic mass is 9.94. The van der Waals surface area contributed by atoms with E-state index in [9.17, 15) is 9.59 Å². The predicted molar refractivity (Wildman–Crippen MR) is 67.5 cm³/mol. The van der Waals surface area contributed by atoms with Crippen molar-refractivity contribution in [1.29, 1.82) is 0 Å². The highest BCUT2D eigenvalue weighted by atomic mass is 16.5. The van der Waals surface area contributed by atoms with Crippen LogP contribution in [0.4, 0.5) is 0 Å². The van der Waals surface area contributed by atoms with Crippen LogP contribution in [-0.2, 0) is 14.3 Å². The zero-order chi connectivity index (χ0) is 13.0. The van der Waals surface area contributed by atoms with Gasteiger partial charge in [-0.05, 0) is 5.56 Å². The summed E-state index contributed by atoms with van der Waals surface area (Å²) in [5, 5.41) is 2.68. The quantitative estimate of drug-likeness (QED) is 0.644. The Morgan fingerprint density at radius 3 is 2.78 bits per heavy atom. The van der Waals surface area contributed by atoms with Crippen molar-refractivity contribution in [2.45, 2.75) is 0 Å². The fourth-order valence-electron chi connectivity index (χ4n) is 2.03. The van der Waals surface area contributed by atoms with E-state index in [0.717, 1.165) is 5.56 Å². The Hall–Kier alpha value is -2.10. The molecule has 0 unspecified atom stereocenters. The smallest absolute Gasteiger partial charge is 0.318 e. The SMILES string of the molecule is COC(=O)[C@@H]1C(=O)NC[C@H]1/C=C/c1ccccc1. The Morgan fingerprint density at radius 1 is 1.39 bits per heavy atom. The zero-order valence-corrected chi connectivity index (χ0v) is 10.1. The molecule has 94 valence electrons. The van der Waals surface area contributed by atoms with Crippen molar-refractivity contribution in [3.8, 4) is 0 Å². The number of hydrogen-bond acceptors (Lipinski definition) is 3. The number of hydrogen-bond donors (Lipinski definition) is 1. The first-order chi connectivity index (χ1) is 8.72. The molecule has 1 fully saturated rings. The van der Waals surface area contributed by atoms with Gasteiger partial charge in [0.1, 0.15) is 5.92 Å². The second-order valence-electron chi connectivity index (χ2n) is 4.18. The summed E-state index contributed by atoms with van der Waals surface area (Å²) >= 11 is 0. The Labute approximate surface area is 106 Å². The van der Waals surface area contributed by atoms with Gasteiger partial charge in [-0.3, -0.25) is 9.59 Å². The monoisotopic (exact) mass is 245 g/mol. The first-order valence-corrected chi connectivity index (χ1v) is 5.81. The standard InChI is InChI=1S/C14H15NO3/c1-18-14(17)12-11(9-15-13(12)16)8-7-10-5-3-2-4-6-10/h2-8,11-12H,9H2,1H3,(H,15,16)/b8-7+/t11-,12+/m1/s1. The summed E-state index contributed by atoms with van der Waals surface area (Å²) in [6, 6.07) is 9.75. The van der Waals surface area contributed by atoms with E-state index in [2.05, 4.69) is 10.1 Å². The molecule has 0 spiro atoms. The summed E-state index contributed by atoms with van der Waals surface area (Å²) in [6.45, 7) is 0.474. The van der Waals surface area contributed by atoms with Crippen LogP contribution in [0.2, 0.25) is 0 Å². The van der Waals surface area contributed by atoms with E-state index in [0.29, 0.717) is 6.54 Å². The third-order valence-electron chi connectivity index (χ3n) is 3.01. The zero-order valence-electron chi connectivity index (χ0n) is 10.1. The lowest BCUT2D eigenvalue weighted by molar-refractivity contribution is -0.149. The molecule has 1 aliphatic heterocycles. The number of carbonyl (C=O) groups excluding carboxylic acids is 2. The fourth-order valence-corrected chi connectivity index (χ4v) is 2.03. The van der Waals surface area contributed by atoms with Crippen molar-refractivity contribution in [1.82, 2.24) is 5.32 Å². The van der Waals surface area contributed by atoms with Crippen molar-refractivity contribution in [3.05, 3.63) is 42.0 Å². The molecule has 1 aliphatic rings. The van der Waals surface area contributed by atoms with Gasteiger partial charge in [0.2, 0.25) is 5.91 Å². The topological polar surface area (TPSA) is 55.4 Å². The second kappa shape index (κ2) is 5.49. The lowest BCUT2D eigenvalue weighted by Gasteiger charge is -2.10. The average molecular weight is 245 g/mol. The van der Waals surface area contributed by atoms with Gasteiger partial charge in [-0.1, -0.05) is 42.5 Å². The van der Waals surface area contributed by atoms with Crippen molar-refractivity contribution < 1.29 is 14.3 Å². The Kier molecular flexibility index (Phi) is 3.77. The van der Waals surface area contributed by atoms with Crippen LogP contribution in [0.3, 0.4) is 0 Å². The van der Waals surface area contributed by atoms with Gasteiger partial charge in [0.15, 0.2) is 0 Å². The van der Waals surface area contributed by atoms with Gasteiger partial charge in [-0.15, -0.1) is 0 Å². The molecule has 1 heterocycles. The third kappa shape index (κ3) is 2.59. The summed E-state index contributed by atoms with van der Waals surface area (Å²) in [6.07, 6.45) is 3.80. The van der Waals surface area contributed by atoms with E-state index in [-0.39, 0.29) is 11.8 Å². The van der Waals surface area contributed by atoms with Crippen molar-refractivity contribution in [3.63, 3.8) is 0 Å². The van der Waals surface area contributed by atoms with Gasteiger partial charge in [-0.2, -0.15) is 0 Å². The summed E-state index contributed by atoms with van der Waals surface area (Å²) in [4.78, 5) is 23.1. The largest absolute Gasteiger partial charge is 0.468 e. The molecule has 0 aromatic heterocycles. The van der Waals surface area contributed by atoms with Crippen LogP contribution in [0.1, 0.15) is 5.56 Å². The van der Waals surface area contributed by atoms with Crippen molar-refractivity contribution in [2.75, 3.05) is 13.7 Å². The molecule has 0 aliphatic carbocycles. The fraction of sp³-hybridized carbons (Fsp3) is 0.286. The maximum Gasteiger partial charge on any atom is 0.318 e. The first-order valence-electron chi connectivity index (χ1n) is 5.81. The third-order valence-corrected chi connectivity index (χ3v) is 3.01. The Bertz CT molecular complexity index is 467. The molecule has 4 nitrogen and oxygen atoms in total. The van der Waals surface area contributed by atoms with Gasteiger partial charge in [0.05, 0.1) is 7.11 Å². The molecule has 0 bridgehead atoms. The van der Waals surface area contributed by atoms with E-state index < -0.39 is 11.9 Å². The number of methoxy groups -OCH3 is 1. The second-order valence-corrected chi connectivity index (χ2v) is 4.18. The predicted octanol–water partition coefficient (Wildman–Crippen LogP) is 1.23. The molecule has 2 rings (SSSR count). The minimum atomic E-state index is -0.727. The summed E-state index contributed by atoms with van der Waals surface area (Å²) in [7, 11) is 1.30. The lowest BCUT2D eigenvalue weighted by Crippen LogP contribution is -2.28. The molecular formula is C14H15NO3. The maximum absolute atomic E-state index is 11.6. The van der Waals surface area contributed by atoms with Crippen LogP contribution in [0.25, 0.3) is 6.08 Å². The van der Waals surface area contributed by atoms with Gasteiger partial charge < -0.3 is 10.1 Å². The number of nitrogens with one attached hydrogen (secondary N) is 1. The maximum atomic E-state index is 11.6. The molecule has 1 aromatic carbocycles. The number of benzene rings is 1. The minimum Gasteiger partial charge on any atom is -0.468 e. The van der Waals surface area contributed by atoms with Crippen LogP contribution in [0, 0.1) is 11.8 Å². The van der Waals surface area contributed by atoms with E-state index in [1.807, 2.05) is 42.5 Å². The van der Waals surface area contributed by atoms with Crippen LogP contribution >= 0.6 is 0 Å². The van der Waals surface area contributed by atoms with Crippen LogP contribution in [0.5, 0.6) is 0 Å². The number of ether oxygens (including phenoxy) is 1. The van der Waals surface area contributed by atoms with E-state index in [1.54, 1.807) is 0 Å². The van der Waals surface area contributed by atoms with Crippen LogP contribution in [0.15, 0.2) is 36.4 Å². The molecule has 1 amide bonds. The summed E-state index contributed by atoms with van der Waals surface area (Å²) in [5.74, 6) is -1.61. The Morgan fingerprint density at radius 2 is 2.11 bits per heavy atom. The number of amides is 1. The highest BCUT2D eigenvalue weighted by Gasteiger charge is 2.39. The van der Waals surface area contributed by atoms with Gasteiger partial charge >= 0.3 is 5.97 Å². The minimum absolute atomic E-state index is 0.148. The van der Waals surface area contributed by atoms with Crippen LogP contribution < -0.4 is 5.32 Å². The van der Waals surface area contributed by atoms with E-state index in [1.165, 1.54) is 7.11 Å². The molecule has 0 radical (unpaired) electrons. The molecule has 1 N–H and O–H groups in total. The van der Waals surface area contributed by atoms with Crippen molar-refractivity contribution in [2.24, 2.45) is 11.8 Å². The van der Waals surface area contributed by atoms with Gasteiger partial charge in [-0.25, -0.2) is 0 Å². The van der Waals surface area contributed by atoms with E-state index in [4.69, 9.17) is 0 Å². The molecule has 1 saturated heterocycles. The molecule has 18 heavy (non-hydrogen) atoms. The summed E-state index contributed by atoms with van der Waals surface area (Å²) in [5.41, 5.74) is 1.04. The molecule has 2 atom stereocenters. The molecule has 1 aromatic rings. The number of rotatable bonds is 3. The highest BCUT2D eigenvalue weighted by molar-refractivity contribution is 6.00. The van der Waals surface area contributed by atoms with Crippen molar-refractivity contribution >= 4 is 18.0 Å². The highest BCUT2D eigenvalue weighted by Crippen LogP contribution is 2.21. The van der Waals surface area contributed by atoms with Gasteiger partial charge in [0.25, 0.3) is 0 Å². The Balaban J connectivity index is 2.11. The van der Waals surface area contributed by atoms with Crippen LogP contribution in [-0.4, -0.2) is 25.5 Å². The molecular weight excluding hydrogens is 230 g/mol. The first kappa shape index (κ1) is 12.4. The molecule has 4 heteroatoms. The summed E-state index contributed by atoms with van der Waals surface area (Å²) < 4.78 is 4.65. The number of carbonyl (C=O) groups is 2. The average Bonchev–Trinajstić information content (AvgIpc) is 2.78. The van der Waals surface area contributed by atoms with E-state index >= 15 is 0 Å². The van der Waals surface area contributed by atoms with Gasteiger partial charge in [0, 0.05) is 12.5 Å². The molecule has 0 saturated carbocycles. The normalized spacial score (nSPS) is 23.1.